The molecule has 0 atom stereocenters. The molecule has 9 nitrogen and oxygen atoms in total. The van der Waals surface area contributed by atoms with Gasteiger partial charge in [-0.05, 0) is 12.1 Å². The lowest BCUT2D eigenvalue weighted by atomic mass is 10.4. The van der Waals surface area contributed by atoms with Crippen molar-refractivity contribution in [3.05, 3.63) is 40.2 Å². The number of H-pyrrole nitrogens is 1. The second-order valence-corrected chi connectivity index (χ2v) is 5.71. The first-order valence-electron chi connectivity index (χ1n) is 6.99. The van der Waals surface area contributed by atoms with Crippen LogP contribution in [0.15, 0.2) is 32.7 Å². The summed E-state index contributed by atoms with van der Waals surface area (Å²) in [5.74, 6) is 0.490. The SMILES string of the molecule is COC(=O)c1ccc(CSc2nc3c(cnn3CCO)c(=O)[nH]2)o1. The number of hydrogen-bond donors (Lipinski definition) is 2. The van der Waals surface area contributed by atoms with Gasteiger partial charge in [0.15, 0.2) is 10.8 Å². The molecule has 24 heavy (non-hydrogen) atoms. The van der Waals surface area contributed by atoms with Crippen LogP contribution in [0.3, 0.4) is 0 Å². The summed E-state index contributed by atoms with van der Waals surface area (Å²) in [6.07, 6.45) is 1.42. The van der Waals surface area contributed by atoms with Gasteiger partial charge in [0.05, 0.1) is 32.2 Å². The van der Waals surface area contributed by atoms with Crippen molar-refractivity contribution in [3.8, 4) is 0 Å². The van der Waals surface area contributed by atoms with Crippen LogP contribution in [0.2, 0.25) is 0 Å². The van der Waals surface area contributed by atoms with Crippen molar-refractivity contribution in [1.29, 1.82) is 0 Å². The fraction of sp³-hybridized carbons (Fsp3) is 0.286. The van der Waals surface area contributed by atoms with E-state index in [-0.39, 0.29) is 24.5 Å². The Kier molecular flexibility index (Phi) is 4.67. The predicted octanol–water partition coefficient (Wildman–Crippen LogP) is 0.784. The minimum Gasteiger partial charge on any atom is -0.463 e. The van der Waals surface area contributed by atoms with Gasteiger partial charge < -0.3 is 19.2 Å². The van der Waals surface area contributed by atoms with Crippen LogP contribution in [0.1, 0.15) is 16.3 Å². The maximum absolute atomic E-state index is 12.1. The topological polar surface area (TPSA) is 123 Å². The van der Waals surface area contributed by atoms with Crippen LogP contribution in [0.4, 0.5) is 0 Å². The van der Waals surface area contributed by atoms with Crippen molar-refractivity contribution in [2.24, 2.45) is 0 Å². The number of aliphatic hydroxyl groups excluding tert-OH is 1. The fourth-order valence-corrected chi connectivity index (χ4v) is 2.83. The van der Waals surface area contributed by atoms with Crippen LogP contribution in [0.5, 0.6) is 0 Å². The molecule has 0 aliphatic heterocycles. The second kappa shape index (κ2) is 6.89. The van der Waals surface area contributed by atoms with Gasteiger partial charge in [0.1, 0.15) is 11.1 Å². The highest BCUT2D eigenvalue weighted by Crippen LogP contribution is 2.21. The normalized spacial score (nSPS) is 11.1. The van der Waals surface area contributed by atoms with Gasteiger partial charge >= 0.3 is 5.97 Å². The molecule has 0 radical (unpaired) electrons. The summed E-state index contributed by atoms with van der Waals surface area (Å²) in [6, 6.07) is 3.18. The minimum atomic E-state index is -0.549. The Morgan fingerprint density at radius 1 is 1.50 bits per heavy atom. The van der Waals surface area contributed by atoms with Gasteiger partial charge in [0.25, 0.3) is 5.56 Å². The van der Waals surface area contributed by atoms with E-state index in [2.05, 4.69) is 19.8 Å². The molecule has 0 fully saturated rings. The lowest BCUT2D eigenvalue weighted by molar-refractivity contribution is 0.0563. The van der Waals surface area contributed by atoms with Gasteiger partial charge in [-0.2, -0.15) is 5.10 Å². The Balaban J connectivity index is 1.80. The minimum absolute atomic E-state index is 0.101. The molecule has 0 aromatic carbocycles. The molecule has 3 aromatic heterocycles. The zero-order valence-corrected chi connectivity index (χ0v) is 13.5. The molecular weight excluding hydrogens is 336 g/mol. The quantitative estimate of drug-likeness (QED) is 0.380. The number of ether oxygens (including phenoxy) is 1. The van der Waals surface area contributed by atoms with Crippen molar-refractivity contribution >= 4 is 28.8 Å². The summed E-state index contributed by atoms with van der Waals surface area (Å²) in [6.45, 7) is 0.154. The molecule has 0 bridgehead atoms. The number of aromatic amines is 1. The molecule has 126 valence electrons. The highest BCUT2D eigenvalue weighted by molar-refractivity contribution is 7.98. The first-order chi connectivity index (χ1) is 11.6. The Hall–Kier alpha value is -2.59. The molecule has 2 N–H and O–H groups in total. The monoisotopic (exact) mass is 350 g/mol. The summed E-state index contributed by atoms with van der Waals surface area (Å²) in [5.41, 5.74) is 0.103. The summed E-state index contributed by atoms with van der Waals surface area (Å²) in [5, 5.41) is 13.8. The number of carbonyl (C=O) groups excluding carboxylic acids is 1. The number of esters is 1. The Morgan fingerprint density at radius 2 is 2.33 bits per heavy atom. The summed E-state index contributed by atoms with van der Waals surface area (Å²) in [4.78, 5) is 30.4. The number of methoxy groups -OCH3 is 1. The summed E-state index contributed by atoms with van der Waals surface area (Å²) in [7, 11) is 1.28. The van der Waals surface area contributed by atoms with Gasteiger partial charge in [-0.25, -0.2) is 14.5 Å². The second-order valence-electron chi connectivity index (χ2n) is 4.75. The maximum Gasteiger partial charge on any atom is 0.373 e. The van der Waals surface area contributed by atoms with E-state index in [9.17, 15) is 9.59 Å². The Morgan fingerprint density at radius 3 is 3.08 bits per heavy atom. The molecule has 0 spiro atoms. The smallest absolute Gasteiger partial charge is 0.373 e. The zero-order chi connectivity index (χ0) is 17.1. The molecule has 0 aliphatic rings. The molecule has 3 rings (SSSR count). The third kappa shape index (κ3) is 3.19. The molecule has 3 aromatic rings. The molecule has 0 amide bonds. The van der Waals surface area contributed by atoms with Crippen LogP contribution in [-0.4, -0.2) is 44.5 Å². The number of rotatable bonds is 6. The van der Waals surface area contributed by atoms with Crippen molar-refractivity contribution in [2.75, 3.05) is 13.7 Å². The van der Waals surface area contributed by atoms with E-state index in [1.54, 1.807) is 6.07 Å². The van der Waals surface area contributed by atoms with E-state index in [0.717, 1.165) is 0 Å². The fourth-order valence-electron chi connectivity index (χ4n) is 2.08. The third-order valence-corrected chi connectivity index (χ3v) is 4.09. The zero-order valence-electron chi connectivity index (χ0n) is 12.7. The van der Waals surface area contributed by atoms with Gasteiger partial charge in [-0.15, -0.1) is 0 Å². The summed E-state index contributed by atoms with van der Waals surface area (Å²) < 4.78 is 11.4. The highest BCUT2D eigenvalue weighted by Gasteiger charge is 2.13. The number of aromatic nitrogens is 4. The average molecular weight is 350 g/mol. The average Bonchev–Trinajstić information content (AvgIpc) is 3.20. The van der Waals surface area contributed by atoms with Crippen molar-refractivity contribution in [2.45, 2.75) is 17.5 Å². The van der Waals surface area contributed by atoms with Crippen LogP contribution in [-0.2, 0) is 17.0 Å². The lowest BCUT2D eigenvalue weighted by Crippen LogP contribution is -2.11. The van der Waals surface area contributed by atoms with Gasteiger partial charge in [0.2, 0.25) is 5.76 Å². The Labute approximate surface area is 139 Å². The van der Waals surface area contributed by atoms with E-state index in [1.165, 1.54) is 35.8 Å². The number of hydrogen-bond acceptors (Lipinski definition) is 8. The van der Waals surface area contributed by atoms with Crippen LogP contribution in [0, 0.1) is 0 Å². The number of nitrogens with one attached hydrogen (secondary N) is 1. The van der Waals surface area contributed by atoms with Crippen LogP contribution < -0.4 is 5.56 Å². The predicted molar refractivity (Wildman–Crippen MR) is 84.8 cm³/mol. The van der Waals surface area contributed by atoms with E-state index in [0.29, 0.717) is 27.7 Å². The van der Waals surface area contributed by atoms with Crippen molar-refractivity contribution < 1.29 is 19.1 Å². The number of aliphatic hydroxyl groups is 1. The first-order valence-corrected chi connectivity index (χ1v) is 7.97. The van der Waals surface area contributed by atoms with E-state index < -0.39 is 5.97 Å². The maximum atomic E-state index is 12.1. The molecule has 0 unspecified atom stereocenters. The lowest BCUT2D eigenvalue weighted by Gasteiger charge is -2.02. The van der Waals surface area contributed by atoms with E-state index in [4.69, 9.17) is 9.52 Å². The standard InChI is InChI=1S/C14H14N4O5S/c1-22-13(21)10-3-2-8(23-10)7-24-14-16-11-9(12(20)17-14)6-15-18(11)4-5-19/h2-3,6,19H,4-5,7H2,1H3,(H,16,17,20). The number of carbonyl (C=O) groups is 1. The largest absolute Gasteiger partial charge is 0.463 e. The molecular formula is C14H14N4O5S. The number of furan rings is 1. The third-order valence-electron chi connectivity index (χ3n) is 3.20. The van der Waals surface area contributed by atoms with Gasteiger partial charge in [-0.1, -0.05) is 11.8 Å². The molecule has 10 heteroatoms. The summed E-state index contributed by atoms with van der Waals surface area (Å²) >= 11 is 1.25. The van der Waals surface area contributed by atoms with Gasteiger partial charge in [-0.3, -0.25) is 4.79 Å². The van der Waals surface area contributed by atoms with E-state index in [1.807, 2.05) is 0 Å². The molecule has 3 heterocycles. The Bertz CT molecular complexity index is 929. The van der Waals surface area contributed by atoms with E-state index >= 15 is 0 Å². The van der Waals surface area contributed by atoms with Crippen molar-refractivity contribution in [3.63, 3.8) is 0 Å². The van der Waals surface area contributed by atoms with Crippen LogP contribution in [0.25, 0.3) is 11.0 Å². The first kappa shape index (κ1) is 16.3. The number of nitrogens with zero attached hydrogens (tertiary/aromatic N) is 3. The van der Waals surface area contributed by atoms with Crippen molar-refractivity contribution in [1.82, 2.24) is 19.7 Å². The molecule has 0 aliphatic carbocycles. The number of fused-ring (bicyclic) bond motifs is 1. The molecule has 0 saturated carbocycles. The van der Waals surface area contributed by atoms with Gasteiger partial charge in [0, 0.05) is 0 Å². The highest BCUT2D eigenvalue weighted by atomic mass is 32.2. The molecule has 0 saturated heterocycles. The number of thioether (sulfide) groups is 1. The van der Waals surface area contributed by atoms with Crippen LogP contribution >= 0.6 is 11.8 Å².